The van der Waals surface area contributed by atoms with Crippen LogP contribution in [-0.4, -0.2) is 60.0 Å². The van der Waals surface area contributed by atoms with Crippen molar-refractivity contribution in [2.45, 2.75) is 51.8 Å². The Kier molecular flexibility index (Phi) is 10.1. The van der Waals surface area contributed by atoms with Crippen LogP contribution in [0.2, 0.25) is 0 Å². The van der Waals surface area contributed by atoms with Crippen LogP contribution in [0.4, 0.5) is 4.79 Å². The molecule has 1 rings (SSSR count). The highest BCUT2D eigenvalue weighted by molar-refractivity contribution is 5.96. The van der Waals surface area contributed by atoms with Gasteiger partial charge in [0.05, 0.1) is 13.5 Å². The van der Waals surface area contributed by atoms with Gasteiger partial charge in [0.1, 0.15) is 24.2 Å². The molecule has 184 valence electrons. The van der Waals surface area contributed by atoms with Crippen molar-refractivity contribution in [1.29, 1.82) is 0 Å². The number of carbonyl (C=O) groups is 5. The zero-order valence-electron chi connectivity index (χ0n) is 19.8. The highest BCUT2D eigenvalue weighted by atomic mass is 16.6. The molecule has 34 heavy (non-hydrogen) atoms. The van der Waals surface area contributed by atoms with Crippen molar-refractivity contribution >= 4 is 29.8 Å². The lowest BCUT2D eigenvalue weighted by Crippen LogP contribution is -2.53. The second-order valence-corrected chi connectivity index (χ2v) is 8.26. The Bertz CT molecular complexity index is 978. The van der Waals surface area contributed by atoms with Gasteiger partial charge in [0, 0.05) is 6.04 Å². The minimum atomic E-state index is -1.51. The molecule has 0 bridgehead atoms. The summed E-state index contributed by atoms with van der Waals surface area (Å²) in [6.45, 7) is 6.08. The van der Waals surface area contributed by atoms with Gasteiger partial charge in [-0.2, -0.15) is 0 Å². The van der Waals surface area contributed by atoms with Crippen LogP contribution in [0, 0.1) is 19.4 Å². The molecular formula is C23H30N4O7. The van der Waals surface area contributed by atoms with E-state index in [4.69, 9.17) is 16.9 Å². The van der Waals surface area contributed by atoms with Gasteiger partial charge in [0.25, 0.3) is 5.91 Å². The van der Waals surface area contributed by atoms with E-state index in [1.807, 2.05) is 0 Å². The number of carbonyl (C=O) groups excluding carboxylic acids is 5. The van der Waals surface area contributed by atoms with Gasteiger partial charge < -0.3 is 25.8 Å². The maximum atomic E-state index is 13.4. The zero-order chi connectivity index (χ0) is 26.1. The third kappa shape index (κ3) is 8.46. The van der Waals surface area contributed by atoms with Gasteiger partial charge >= 0.3 is 12.1 Å². The number of nitrogens with zero attached hydrogens (tertiary/aromatic N) is 1. The van der Waals surface area contributed by atoms with Crippen LogP contribution >= 0.6 is 0 Å². The molecule has 0 radical (unpaired) electrons. The number of aryl methyl sites for hydroxylation is 1. The highest BCUT2D eigenvalue weighted by Gasteiger charge is 2.37. The van der Waals surface area contributed by atoms with E-state index in [1.165, 1.54) is 0 Å². The van der Waals surface area contributed by atoms with E-state index in [0.29, 0.717) is 11.1 Å². The number of primary amides is 1. The Labute approximate surface area is 198 Å². The van der Waals surface area contributed by atoms with Crippen molar-refractivity contribution in [3.63, 3.8) is 0 Å². The number of esters is 1. The largest absolute Gasteiger partial charge is 0.468 e. The molecule has 2 atom stereocenters. The number of benzene rings is 1. The van der Waals surface area contributed by atoms with Gasteiger partial charge in [0.2, 0.25) is 11.8 Å². The van der Waals surface area contributed by atoms with E-state index in [9.17, 15) is 24.0 Å². The van der Waals surface area contributed by atoms with Crippen molar-refractivity contribution in [2.24, 2.45) is 5.73 Å². The SMILES string of the molecule is C#CN(C(=O)C(CC(N)=O)NC(=O)OC(C)(C)C)C(C(=O)NCC(=O)OC)c1ccccc1C. The molecule has 0 aromatic heterocycles. The number of hydrogen-bond donors (Lipinski definition) is 3. The summed E-state index contributed by atoms with van der Waals surface area (Å²) in [4.78, 5) is 62.6. The van der Waals surface area contributed by atoms with E-state index in [-0.39, 0.29) is 0 Å². The summed E-state index contributed by atoms with van der Waals surface area (Å²) in [6.07, 6.45) is 4.03. The van der Waals surface area contributed by atoms with E-state index in [0.717, 1.165) is 12.0 Å². The quantitative estimate of drug-likeness (QED) is 0.267. The van der Waals surface area contributed by atoms with Crippen LogP contribution in [0.1, 0.15) is 44.4 Å². The van der Waals surface area contributed by atoms with Gasteiger partial charge in [-0.15, -0.1) is 0 Å². The van der Waals surface area contributed by atoms with Crippen LogP contribution in [-0.2, 0) is 28.7 Å². The Morgan fingerprint density at radius 2 is 1.79 bits per heavy atom. The number of alkyl carbamates (subject to hydrolysis) is 1. The average Bonchev–Trinajstić information content (AvgIpc) is 2.73. The lowest BCUT2D eigenvalue weighted by molar-refractivity contribution is -0.143. The van der Waals surface area contributed by atoms with Gasteiger partial charge in [0.15, 0.2) is 0 Å². The van der Waals surface area contributed by atoms with Crippen LogP contribution in [0.3, 0.4) is 0 Å². The Morgan fingerprint density at radius 3 is 2.29 bits per heavy atom. The second-order valence-electron chi connectivity index (χ2n) is 8.26. The van der Waals surface area contributed by atoms with Crippen molar-refractivity contribution in [3.05, 3.63) is 35.4 Å². The molecule has 4 N–H and O–H groups in total. The summed E-state index contributed by atoms with van der Waals surface area (Å²) in [5, 5.41) is 4.66. The summed E-state index contributed by atoms with van der Waals surface area (Å²) < 4.78 is 9.67. The normalized spacial score (nSPS) is 12.4. The number of hydrogen-bond acceptors (Lipinski definition) is 7. The Morgan fingerprint density at radius 1 is 1.18 bits per heavy atom. The fraction of sp³-hybridized carbons (Fsp3) is 0.435. The lowest BCUT2D eigenvalue weighted by atomic mass is 9.98. The molecule has 0 aliphatic heterocycles. The van der Waals surface area contributed by atoms with E-state index >= 15 is 0 Å². The predicted octanol–water partition coefficient (Wildman–Crippen LogP) is 0.513. The van der Waals surface area contributed by atoms with Gasteiger partial charge in [-0.25, -0.2) is 4.79 Å². The summed E-state index contributed by atoms with van der Waals surface area (Å²) in [6, 6.07) is 5.90. The summed E-state index contributed by atoms with van der Waals surface area (Å²) in [5.41, 5.74) is 5.37. The summed E-state index contributed by atoms with van der Waals surface area (Å²) in [5.74, 6) is -3.34. The summed E-state index contributed by atoms with van der Waals surface area (Å²) >= 11 is 0. The molecule has 4 amide bonds. The number of methoxy groups -OCH3 is 1. The first-order valence-corrected chi connectivity index (χ1v) is 10.3. The van der Waals surface area contributed by atoms with Crippen LogP contribution in [0.15, 0.2) is 24.3 Å². The topological polar surface area (TPSA) is 157 Å². The second kappa shape index (κ2) is 12.2. The van der Waals surface area contributed by atoms with Crippen LogP contribution in [0.5, 0.6) is 0 Å². The molecule has 0 aliphatic carbocycles. The van der Waals surface area contributed by atoms with E-state index in [1.54, 1.807) is 52.0 Å². The van der Waals surface area contributed by atoms with Crippen molar-refractivity contribution in [1.82, 2.24) is 15.5 Å². The average molecular weight is 475 g/mol. The smallest absolute Gasteiger partial charge is 0.408 e. The number of nitrogens with one attached hydrogen (secondary N) is 2. The molecule has 11 nitrogen and oxygen atoms in total. The minimum Gasteiger partial charge on any atom is -0.468 e. The first kappa shape index (κ1) is 28.0. The molecule has 0 saturated carbocycles. The highest BCUT2D eigenvalue weighted by Crippen LogP contribution is 2.25. The number of terminal acetylenes is 1. The van der Waals surface area contributed by atoms with Gasteiger partial charge in [-0.05, 0) is 38.8 Å². The third-order valence-electron chi connectivity index (χ3n) is 4.40. The molecule has 11 heteroatoms. The van der Waals surface area contributed by atoms with Gasteiger partial charge in [-0.3, -0.25) is 24.1 Å². The maximum absolute atomic E-state index is 13.4. The molecular weight excluding hydrogens is 444 g/mol. The first-order valence-electron chi connectivity index (χ1n) is 10.3. The fourth-order valence-corrected chi connectivity index (χ4v) is 2.90. The molecule has 0 aliphatic rings. The molecule has 1 aromatic rings. The standard InChI is InChI=1S/C23H30N4O7/c1-7-27(21(31)16(12-17(24)28)26-22(32)34-23(3,4)5)19(15-11-9-8-10-14(15)2)20(30)25-13-18(29)33-6/h1,8-11,16,19H,12-13H2,2-6H3,(H2,24,28)(H,25,30)(H,26,32). The molecule has 0 saturated heterocycles. The van der Waals surface area contributed by atoms with Gasteiger partial charge in [-0.1, -0.05) is 30.7 Å². The first-order chi connectivity index (χ1) is 15.8. The monoisotopic (exact) mass is 474 g/mol. The molecule has 2 unspecified atom stereocenters. The molecule has 0 heterocycles. The van der Waals surface area contributed by atoms with Crippen LogP contribution < -0.4 is 16.4 Å². The van der Waals surface area contributed by atoms with Crippen LogP contribution in [0.25, 0.3) is 0 Å². The number of rotatable bonds is 9. The fourth-order valence-electron chi connectivity index (χ4n) is 2.90. The van der Waals surface area contributed by atoms with E-state index in [2.05, 4.69) is 21.4 Å². The van der Waals surface area contributed by atoms with Crippen molar-refractivity contribution < 1.29 is 33.4 Å². The molecule has 0 spiro atoms. The minimum absolute atomic E-state index is 0.367. The third-order valence-corrected chi connectivity index (χ3v) is 4.40. The molecule has 1 aromatic carbocycles. The zero-order valence-corrected chi connectivity index (χ0v) is 19.8. The Balaban J connectivity index is 3.38. The maximum Gasteiger partial charge on any atom is 0.408 e. The van der Waals surface area contributed by atoms with Crippen molar-refractivity contribution in [3.8, 4) is 12.5 Å². The molecule has 0 fully saturated rings. The van der Waals surface area contributed by atoms with E-state index < -0.39 is 60.4 Å². The Hall–Kier alpha value is -4.07. The number of nitrogens with two attached hydrogens (primary N) is 1. The number of amides is 4. The summed E-state index contributed by atoms with van der Waals surface area (Å²) in [7, 11) is 1.15. The lowest BCUT2D eigenvalue weighted by Gasteiger charge is -2.30. The number of ether oxygens (including phenoxy) is 2. The predicted molar refractivity (Wildman–Crippen MR) is 122 cm³/mol. The van der Waals surface area contributed by atoms with Crippen molar-refractivity contribution in [2.75, 3.05) is 13.7 Å².